The second-order valence-electron chi connectivity index (χ2n) is 12.9. The van der Waals surface area contributed by atoms with Gasteiger partial charge in [-0.15, -0.1) is 11.3 Å². The fraction of sp³-hybridized carbons (Fsp3) is 0.306. The summed E-state index contributed by atoms with van der Waals surface area (Å²) in [5.74, 6) is -0.276. The lowest BCUT2D eigenvalue weighted by Gasteiger charge is -2.31. The van der Waals surface area contributed by atoms with Crippen LogP contribution in [0.25, 0.3) is 43.0 Å². The van der Waals surface area contributed by atoms with E-state index < -0.39 is 17.1 Å². The third-order valence-electron chi connectivity index (χ3n) is 7.03. The molecule has 0 aliphatic heterocycles. The molecule has 1 unspecified atom stereocenters. The van der Waals surface area contributed by atoms with E-state index >= 15 is 0 Å². The number of pyridine rings is 1. The highest BCUT2D eigenvalue weighted by Gasteiger charge is 2.31. The second-order valence-corrected chi connectivity index (χ2v) is 14.7. The Balaban J connectivity index is 1.69. The van der Waals surface area contributed by atoms with E-state index in [0.717, 1.165) is 54.2 Å². The molecule has 8 heteroatoms. The van der Waals surface area contributed by atoms with Crippen molar-refractivity contribution in [3.05, 3.63) is 94.2 Å². The van der Waals surface area contributed by atoms with Crippen molar-refractivity contribution in [2.24, 2.45) is 5.41 Å². The molecule has 0 spiro atoms. The number of aryl methyl sites for hydroxylation is 1. The Hall–Kier alpha value is -3.29. The summed E-state index contributed by atoms with van der Waals surface area (Å²) in [6.07, 6.45) is 1.20. The van der Waals surface area contributed by atoms with E-state index in [4.69, 9.17) is 37.7 Å². The van der Waals surface area contributed by atoms with Crippen molar-refractivity contribution in [1.29, 1.82) is 0 Å². The van der Waals surface area contributed by atoms with Crippen molar-refractivity contribution < 1.29 is 14.3 Å². The molecule has 0 fully saturated rings. The van der Waals surface area contributed by atoms with Crippen molar-refractivity contribution in [3.63, 3.8) is 0 Å². The third kappa shape index (κ3) is 7.32. The van der Waals surface area contributed by atoms with Crippen molar-refractivity contribution in [2.75, 3.05) is 6.61 Å². The van der Waals surface area contributed by atoms with Crippen molar-refractivity contribution >= 4 is 50.7 Å². The number of fused-ring (bicyclic) bond motifs is 1. The first kappa shape index (κ1) is 32.1. The lowest BCUT2D eigenvalue weighted by molar-refractivity contribution is -0.162. The number of aromatic nitrogens is 2. The molecule has 0 saturated heterocycles. The average molecular weight is 648 g/mol. The first-order valence-electron chi connectivity index (χ1n) is 14.5. The molecule has 0 saturated carbocycles. The molecule has 0 aliphatic rings. The summed E-state index contributed by atoms with van der Waals surface area (Å²) >= 11 is 14.1. The Morgan fingerprint density at radius 3 is 2.23 bits per heavy atom. The SMILES string of the molecule is Cc1cc2nc(-c3cccc(-c4ccnc(Cl)c4)c3)sc2c(-c2ccc(Cl)cc2)c1C(COC(=O)C(C)(C)C)OC(C)(C)C. The van der Waals surface area contributed by atoms with Crippen molar-refractivity contribution in [1.82, 2.24) is 9.97 Å². The zero-order valence-corrected chi connectivity index (χ0v) is 28.3. The maximum Gasteiger partial charge on any atom is 0.311 e. The average Bonchev–Trinajstić information content (AvgIpc) is 3.37. The van der Waals surface area contributed by atoms with E-state index in [0.29, 0.717) is 10.2 Å². The molecule has 2 aromatic heterocycles. The molecule has 3 aromatic carbocycles. The van der Waals surface area contributed by atoms with Crippen LogP contribution in [0.1, 0.15) is 58.8 Å². The van der Waals surface area contributed by atoms with Gasteiger partial charge in [-0.1, -0.05) is 53.5 Å². The van der Waals surface area contributed by atoms with Crippen LogP contribution in [-0.2, 0) is 14.3 Å². The molecular weight excluding hydrogens is 611 g/mol. The Labute approximate surface area is 273 Å². The molecular formula is C36H36Cl2N2O3S. The van der Waals surface area contributed by atoms with Gasteiger partial charge in [0.2, 0.25) is 0 Å². The molecule has 0 amide bonds. The highest BCUT2D eigenvalue weighted by Crippen LogP contribution is 2.45. The van der Waals surface area contributed by atoms with Crippen LogP contribution in [0.3, 0.4) is 0 Å². The molecule has 2 heterocycles. The lowest BCUT2D eigenvalue weighted by Crippen LogP contribution is -2.30. The largest absolute Gasteiger partial charge is 0.462 e. The smallest absolute Gasteiger partial charge is 0.311 e. The fourth-order valence-electron chi connectivity index (χ4n) is 5.04. The number of carbonyl (C=O) groups is 1. The molecule has 0 bridgehead atoms. The predicted molar refractivity (Wildman–Crippen MR) is 182 cm³/mol. The zero-order chi connectivity index (χ0) is 31.8. The van der Waals surface area contributed by atoms with Crippen LogP contribution in [0.4, 0.5) is 0 Å². The van der Waals surface area contributed by atoms with Crippen LogP contribution in [0.15, 0.2) is 72.9 Å². The molecule has 5 aromatic rings. The highest BCUT2D eigenvalue weighted by molar-refractivity contribution is 7.22. The number of benzene rings is 3. The lowest BCUT2D eigenvalue weighted by atomic mass is 9.91. The number of rotatable bonds is 7. The number of hydrogen-bond donors (Lipinski definition) is 0. The molecule has 5 rings (SSSR count). The van der Waals surface area contributed by atoms with Crippen LogP contribution >= 0.6 is 34.5 Å². The Kier molecular flexibility index (Phi) is 9.20. The minimum absolute atomic E-state index is 0.0858. The second kappa shape index (κ2) is 12.6. The van der Waals surface area contributed by atoms with Gasteiger partial charge in [-0.05, 0) is 113 Å². The van der Waals surface area contributed by atoms with Gasteiger partial charge < -0.3 is 9.47 Å². The van der Waals surface area contributed by atoms with E-state index in [1.807, 2.05) is 84.0 Å². The molecule has 1 atom stereocenters. The molecule has 0 aliphatic carbocycles. The highest BCUT2D eigenvalue weighted by atomic mass is 35.5. The fourth-order valence-corrected chi connectivity index (χ4v) is 6.46. The van der Waals surface area contributed by atoms with Crippen LogP contribution in [0.5, 0.6) is 0 Å². The zero-order valence-electron chi connectivity index (χ0n) is 26.0. The maximum absolute atomic E-state index is 12.9. The van der Waals surface area contributed by atoms with Gasteiger partial charge in [0.1, 0.15) is 22.9 Å². The first-order valence-corrected chi connectivity index (χ1v) is 16.0. The Morgan fingerprint density at radius 2 is 1.57 bits per heavy atom. The minimum atomic E-state index is -0.632. The number of ether oxygens (including phenoxy) is 2. The Bertz CT molecular complexity index is 1820. The van der Waals surface area contributed by atoms with Gasteiger partial charge in [-0.2, -0.15) is 0 Å². The summed E-state index contributed by atoms with van der Waals surface area (Å²) in [5, 5.41) is 1.99. The van der Waals surface area contributed by atoms with E-state index in [2.05, 4.69) is 36.2 Å². The van der Waals surface area contributed by atoms with Gasteiger partial charge in [0.15, 0.2) is 0 Å². The summed E-state index contributed by atoms with van der Waals surface area (Å²) in [7, 11) is 0. The summed E-state index contributed by atoms with van der Waals surface area (Å²) in [6, 6.07) is 22.0. The number of nitrogens with zero attached hydrogens (tertiary/aromatic N) is 2. The van der Waals surface area contributed by atoms with Gasteiger partial charge in [-0.3, -0.25) is 4.79 Å². The molecule has 0 radical (unpaired) electrons. The topological polar surface area (TPSA) is 61.3 Å². The number of halogens is 2. The Morgan fingerprint density at radius 1 is 0.886 bits per heavy atom. The number of thiazole rings is 1. The monoisotopic (exact) mass is 646 g/mol. The summed E-state index contributed by atoms with van der Waals surface area (Å²) in [4.78, 5) is 22.1. The summed E-state index contributed by atoms with van der Waals surface area (Å²) in [6.45, 7) is 13.7. The minimum Gasteiger partial charge on any atom is -0.462 e. The van der Waals surface area contributed by atoms with Gasteiger partial charge in [0.05, 0.1) is 21.2 Å². The van der Waals surface area contributed by atoms with Gasteiger partial charge in [0.25, 0.3) is 0 Å². The predicted octanol–water partition coefficient (Wildman–Crippen LogP) is 10.8. The number of hydrogen-bond acceptors (Lipinski definition) is 6. The van der Waals surface area contributed by atoms with Crippen LogP contribution in [0.2, 0.25) is 10.2 Å². The summed E-state index contributed by atoms with van der Waals surface area (Å²) in [5.41, 5.74) is 6.72. The van der Waals surface area contributed by atoms with Gasteiger partial charge in [0, 0.05) is 22.3 Å². The summed E-state index contributed by atoms with van der Waals surface area (Å²) < 4.78 is 13.5. The van der Waals surface area contributed by atoms with Crippen LogP contribution in [-0.4, -0.2) is 28.1 Å². The quantitative estimate of drug-likeness (QED) is 0.130. The van der Waals surface area contributed by atoms with Crippen molar-refractivity contribution in [2.45, 2.75) is 60.2 Å². The van der Waals surface area contributed by atoms with E-state index in [-0.39, 0.29) is 12.6 Å². The van der Waals surface area contributed by atoms with Gasteiger partial charge >= 0.3 is 5.97 Å². The first-order chi connectivity index (χ1) is 20.7. The van der Waals surface area contributed by atoms with Crippen molar-refractivity contribution in [3.8, 4) is 32.8 Å². The standard InChI is InChI=1S/C36H36Cl2N2O3S/c1-21-17-27-32(44-33(40-27)25-10-8-9-23(18-25)24-15-16-39-29(38)19-24)31(22-11-13-26(37)14-12-22)30(21)28(43-36(5,6)7)20-42-34(41)35(2,3)4/h8-19,28H,20H2,1-7H3. The van der Waals surface area contributed by atoms with E-state index in [9.17, 15) is 4.79 Å². The molecule has 5 nitrogen and oxygen atoms in total. The molecule has 228 valence electrons. The van der Waals surface area contributed by atoms with Crippen LogP contribution in [0, 0.1) is 12.3 Å². The van der Waals surface area contributed by atoms with E-state index in [1.165, 1.54) is 0 Å². The van der Waals surface area contributed by atoms with Gasteiger partial charge in [-0.25, -0.2) is 9.97 Å². The molecule has 0 N–H and O–H groups in total. The third-order valence-corrected chi connectivity index (χ3v) is 8.62. The maximum atomic E-state index is 12.9. The number of esters is 1. The van der Waals surface area contributed by atoms with E-state index in [1.54, 1.807) is 17.5 Å². The molecule has 44 heavy (non-hydrogen) atoms. The number of carbonyl (C=O) groups excluding carboxylic acids is 1. The normalized spacial score (nSPS) is 12.8. The van der Waals surface area contributed by atoms with Crippen LogP contribution < -0.4 is 0 Å².